The molecule has 1 aromatic heterocycles. The van der Waals surface area contributed by atoms with Gasteiger partial charge in [-0.2, -0.15) is 0 Å². The zero-order valence-electron chi connectivity index (χ0n) is 14.2. The fraction of sp³-hybridized carbons (Fsp3) is 0.450. The zero-order valence-corrected chi connectivity index (χ0v) is 15.0. The summed E-state index contributed by atoms with van der Waals surface area (Å²) in [5, 5.41) is 5.35. The topological polar surface area (TPSA) is 32.3 Å². The van der Waals surface area contributed by atoms with E-state index in [4.69, 9.17) is 0 Å². The third kappa shape index (κ3) is 2.89. The predicted molar refractivity (Wildman–Crippen MR) is 98.0 cm³/mol. The Bertz CT molecular complexity index is 744. The smallest absolute Gasteiger partial charge is 0.226 e. The van der Waals surface area contributed by atoms with Crippen molar-refractivity contribution in [2.75, 3.05) is 13.1 Å². The molecule has 126 valence electrons. The number of carbonyl (C=O) groups is 1. The fourth-order valence-electron chi connectivity index (χ4n) is 4.02. The lowest BCUT2D eigenvalue weighted by molar-refractivity contribution is -0.133. The Morgan fingerprint density at radius 1 is 1.17 bits per heavy atom. The normalized spacial score (nSPS) is 20.5. The summed E-state index contributed by atoms with van der Waals surface area (Å²) in [6.07, 6.45) is 2.80. The van der Waals surface area contributed by atoms with Gasteiger partial charge >= 0.3 is 0 Å². The van der Waals surface area contributed by atoms with E-state index in [0.29, 0.717) is 6.54 Å². The summed E-state index contributed by atoms with van der Waals surface area (Å²) in [6, 6.07) is 10.7. The molecule has 24 heavy (non-hydrogen) atoms. The van der Waals surface area contributed by atoms with Crippen LogP contribution in [0.2, 0.25) is 0 Å². The van der Waals surface area contributed by atoms with Gasteiger partial charge in [-0.1, -0.05) is 24.3 Å². The molecule has 0 aliphatic carbocycles. The van der Waals surface area contributed by atoms with Crippen LogP contribution in [0.4, 0.5) is 0 Å². The number of rotatable bonds is 2. The number of nitrogens with one attached hydrogen (secondary N) is 1. The molecule has 3 nitrogen and oxygen atoms in total. The van der Waals surface area contributed by atoms with Crippen LogP contribution in [0.3, 0.4) is 0 Å². The monoisotopic (exact) mass is 340 g/mol. The van der Waals surface area contributed by atoms with Crippen molar-refractivity contribution in [3.05, 3.63) is 57.3 Å². The van der Waals surface area contributed by atoms with Crippen LogP contribution in [-0.4, -0.2) is 23.9 Å². The standard InChI is InChI=1S/C20H24N2OS/c1-15-6-11-24-18(15)14-22-9-7-20(8-10-22)12-16-4-2-3-5-17(16)13-21-19(20)23/h2-6,11H,7-10,12-14H2,1H3,(H,21,23). The Hall–Kier alpha value is -1.65. The molecule has 3 heterocycles. The summed E-state index contributed by atoms with van der Waals surface area (Å²) in [5.41, 5.74) is 3.80. The van der Waals surface area contributed by atoms with Gasteiger partial charge in [0.15, 0.2) is 0 Å². The SMILES string of the molecule is Cc1ccsc1CN1CCC2(CC1)Cc1ccccc1CNC2=O. The van der Waals surface area contributed by atoms with Crippen LogP contribution < -0.4 is 5.32 Å². The van der Waals surface area contributed by atoms with Gasteiger partial charge in [0.25, 0.3) is 0 Å². The zero-order chi connectivity index (χ0) is 16.6. The van der Waals surface area contributed by atoms with Crippen LogP contribution in [0.25, 0.3) is 0 Å². The van der Waals surface area contributed by atoms with E-state index in [-0.39, 0.29) is 11.3 Å². The fourth-order valence-corrected chi connectivity index (χ4v) is 4.97. The Morgan fingerprint density at radius 2 is 1.92 bits per heavy atom. The minimum Gasteiger partial charge on any atom is -0.352 e. The highest BCUT2D eigenvalue weighted by Crippen LogP contribution is 2.38. The molecule has 2 aliphatic heterocycles. The van der Waals surface area contributed by atoms with Crippen LogP contribution in [-0.2, 0) is 24.3 Å². The van der Waals surface area contributed by atoms with Crippen molar-refractivity contribution in [1.29, 1.82) is 0 Å². The summed E-state index contributed by atoms with van der Waals surface area (Å²) in [7, 11) is 0. The summed E-state index contributed by atoms with van der Waals surface area (Å²) in [4.78, 5) is 16.8. The molecule has 4 rings (SSSR count). The molecule has 1 spiro atoms. The minimum absolute atomic E-state index is 0.215. The molecule has 0 radical (unpaired) electrons. The maximum absolute atomic E-state index is 12.8. The van der Waals surface area contributed by atoms with Gasteiger partial charge < -0.3 is 5.32 Å². The second kappa shape index (κ2) is 6.34. The van der Waals surface area contributed by atoms with E-state index < -0.39 is 0 Å². The number of fused-ring (bicyclic) bond motifs is 1. The molecule has 1 N–H and O–H groups in total. The van der Waals surface area contributed by atoms with E-state index in [9.17, 15) is 4.79 Å². The van der Waals surface area contributed by atoms with Gasteiger partial charge in [0, 0.05) is 18.0 Å². The summed E-state index contributed by atoms with van der Waals surface area (Å²) < 4.78 is 0. The number of likely N-dealkylation sites (tertiary alicyclic amines) is 1. The number of hydrogen-bond acceptors (Lipinski definition) is 3. The lowest BCUT2D eigenvalue weighted by atomic mass is 9.73. The number of hydrogen-bond donors (Lipinski definition) is 1. The highest BCUT2D eigenvalue weighted by atomic mass is 32.1. The van der Waals surface area contributed by atoms with Crippen molar-refractivity contribution in [3.63, 3.8) is 0 Å². The first kappa shape index (κ1) is 15.9. The van der Waals surface area contributed by atoms with Crippen LogP contribution in [0, 0.1) is 12.3 Å². The van der Waals surface area contributed by atoms with Gasteiger partial charge in [-0.25, -0.2) is 0 Å². The highest BCUT2D eigenvalue weighted by Gasteiger charge is 2.42. The largest absolute Gasteiger partial charge is 0.352 e. The average molecular weight is 340 g/mol. The Labute approximate surface area is 147 Å². The number of nitrogens with zero attached hydrogens (tertiary/aromatic N) is 1. The van der Waals surface area contributed by atoms with E-state index in [1.807, 2.05) is 11.3 Å². The van der Waals surface area contributed by atoms with Crippen molar-refractivity contribution in [2.24, 2.45) is 5.41 Å². The van der Waals surface area contributed by atoms with Gasteiger partial charge in [-0.3, -0.25) is 9.69 Å². The van der Waals surface area contributed by atoms with Crippen molar-refractivity contribution in [2.45, 2.75) is 39.3 Å². The first-order chi connectivity index (χ1) is 11.7. The number of benzene rings is 1. The van der Waals surface area contributed by atoms with E-state index >= 15 is 0 Å². The van der Waals surface area contributed by atoms with E-state index in [1.54, 1.807) is 0 Å². The van der Waals surface area contributed by atoms with Crippen LogP contribution in [0.5, 0.6) is 0 Å². The number of thiophene rings is 1. The first-order valence-electron chi connectivity index (χ1n) is 8.77. The molecule has 1 fully saturated rings. The molecule has 2 aliphatic rings. The number of aryl methyl sites for hydroxylation is 1. The van der Waals surface area contributed by atoms with Crippen LogP contribution in [0.15, 0.2) is 35.7 Å². The molecule has 1 amide bonds. The number of carbonyl (C=O) groups excluding carboxylic acids is 1. The molecule has 0 atom stereocenters. The van der Waals surface area contributed by atoms with E-state index in [0.717, 1.165) is 38.9 Å². The van der Waals surface area contributed by atoms with E-state index in [2.05, 4.69) is 52.9 Å². The molecule has 1 aromatic carbocycles. The Balaban J connectivity index is 1.49. The highest BCUT2D eigenvalue weighted by molar-refractivity contribution is 7.10. The van der Waals surface area contributed by atoms with Crippen molar-refractivity contribution < 1.29 is 4.79 Å². The Morgan fingerprint density at radius 3 is 2.62 bits per heavy atom. The molecule has 1 saturated heterocycles. The molecule has 0 saturated carbocycles. The van der Waals surface area contributed by atoms with E-state index in [1.165, 1.54) is 21.6 Å². The maximum atomic E-state index is 12.8. The van der Waals surface area contributed by atoms with Gasteiger partial charge in [0.2, 0.25) is 5.91 Å². The molecule has 4 heteroatoms. The van der Waals surface area contributed by atoms with Crippen molar-refractivity contribution in [1.82, 2.24) is 10.2 Å². The quantitative estimate of drug-likeness (QED) is 0.907. The second-order valence-corrected chi connectivity index (χ2v) is 8.21. The maximum Gasteiger partial charge on any atom is 0.226 e. The third-order valence-electron chi connectivity index (χ3n) is 5.72. The van der Waals surface area contributed by atoms with Gasteiger partial charge in [0.1, 0.15) is 0 Å². The molecule has 2 aromatic rings. The Kier molecular flexibility index (Phi) is 4.19. The van der Waals surface area contributed by atoms with Gasteiger partial charge in [0.05, 0.1) is 5.41 Å². The molecule has 0 unspecified atom stereocenters. The third-order valence-corrected chi connectivity index (χ3v) is 6.72. The first-order valence-corrected chi connectivity index (χ1v) is 9.65. The average Bonchev–Trinajstić information content (AvgIpc) is 2.94. The minimum atomic E-state index is -0.215. The second-order valence-electron chi connectivity index (χ2n) is 7.21. The molecular weight excluding hydrogens is 316 g/mol. The lowest BCUT2D eigenvalue weighted by Crippen LogP contribution is -2.48. The van der Waals surface area contributed by atoms with Crippen LogP contribution >= 0.6 is 11.3 Å². The van der Waals surface area contributed by atoms with Gasteiger partial charge in [-0.15, -0.1) is 11.3 Å². The van der Waals surface area contributed by atoms with Crippen molar-refractivity contribution >= 4 is 17.2 Å². The number of piperidine rings is 1. The molecule has 0 bridgehead atoms. The number of amides is 1. The van der Waals surface area contributed by atoms with Crippen molar-refractivity contribution in [3.8, 4) is 0 Å². The summed E-state index contributed by atoms with van der Waals surface area (Å²) >= 11 is 1.84. The summed E-state index contributed by atoms with van der Waals surface area (Å²) in [6.45, 7) is 5.90. The van der Waals surface area contributed by atoms with Crippen LogP contribution in [0.1, 0.15) is 34.4 Å². The van der Waals surface area contributed by atoms with Gasteiger partial charge in [-0.05, 0) is 67.4 Å². The lowest BCUT2D eigenvalue weighted by Gasteiger charge is -2.40. The predicted octanol–water partition coefficient (Wildman–Crippen LogP) is 3.51. The summed E-state index contributed by atoms with van der Waals surface area (Å²) in [5.74, 6) is 0.255. The molecular formula is C20H24N2OS.